The Morgan fingerprint density at radius 3 is 3.07 bits per heavy atom. The zero-order valence-electron chi connectivity index (χ0n) is 8.20. The number of allylic oxidation sites excluding steroid dienone is 1. The zero-order valence-corrected chi connectivity index (χ0v) is 8.20. The number of rotatable bonds is 3. The fourth-order valence-electron chi connectivity index (χ4n) is 0.830. The van der Waals surface area contributed by atoms with Gasteiger partial charge in [-0.2, -0.15) is 0 Å². The number of hydrogen-bond donors (Lipinski definition) is 2. The Hall–Kier alpha value is -1.78. The van der Waals surface area contributed by atoms with Crippen LogP contribution in [0.2, 0.25) is 0 Å². The Morgan fingerprint density at radius 2 is 2.50 bits per heavy atom. The molecule has 2 amide bonds. The highest BCUT2D eigenvalue weighted by Crippen LogP contribution is 2.06. The van der Waals surface area contributed by atoms with Gasteiger partial charge >= 0.3 is 6.03 Å². The van der Waals surface area contributed by atoms with Gasteiger partial charge in [-0.1, -0.05) is 18.2 Å². The first-order valence-electron chi connectivity index (χ1n) is 4.38. The van der Waals surface area contributed by atoms with Gasteiger partial charge in [-0.15, -0.1) is 0 Å². The molecule has 0 saturated carbocycles. The second-order valence-electron chi connectivity index (χ2n) is 2.73. The van der Waals surface area contributed by atoms with E-state index in [1.165, 1.54) is 0 Å². The molecule has 5 nitrogen and oxygen atoms in total. The van der Waals surface area contributed by atoms with Crippen LogP contribution in [0, 0.1) is 6.92 Å². The van der Waals surface area contributed by atoms with Crippen molar-refractivity contribution in [3.05, 3.63) is 24.1 Å². The van der Waals surface area contributed by atoms with Gasteiger partial charge in [-0.3, -0.25) is 5.32 Å². The van der Waals surface area contributed by atoms with Crippen molar-refractivity contribution in [2.45, 2.75) is 20.3 Å². The van der Waals surface area contributed by atoms with Crippen molar-refractivity contribution in [1.29, 1.82) is 0 Å². The van der Waals surface area contributed by atoms with Crippen LogP contribution in [-0.4, -0.2) is 11.2 Å². The second-order valence-corrected chi connectivity index (χ2v) is 2.73. The lowest BCUT2D eigenvalue weighted by molar-refractivity contribution is 0.254. The quantitative estimate of drug-likeness (QED) is 0.775. The number of carbonyl (C=O) groups excluding carboxylic acids is 1. The van der Waals surface area contributed by atoms with E-state index in [4.69, 9.17) is 4.52 Å². The fraction of sp³-hybridized carbons (Fsp3) is 0.333. The molecule has 1 aromatic rings. The lowest BCUT2D eigenvalue weighted by Crippen LogP contribution is -2.23. The molecule has 0 fully saturated rings. The molecule has 1 rings (SSSR count). The monoisotopic (exact) mass is 195 g/mol. The third-order valence-corrected chi connectivity index (χ3v) is 1.44. The molecule has 5 heteroatoms. The van der Waals surface area contributed by atoms with E-state index in [0.29, 0.717) is 11.6 Å². The maximum absolute atomic E-state index is 11.1. The Kier molecular flexibility index (Phi) is 3.72. The maximum Gasteiger partial charge on any atom is 0.324 e. The topological polar surface area (TPSA) is 67.2 Å². The highest BCUT2D eigenvalue weighted by Gasteiger charge is 2.02. The average Bonchev–Trinajstić information content (AvgIpc) is 2.52. The van der Waals surface area contributed by atoms with Crippen LogP contribution in [0.5, 0.6) is 0 Å². The van der Waals surface area contributed by atoms with E-state index >= 15 is 0 Å². The predicted octanol–water partition coefficient (Wildman–Crippen LogP) is 2.03. The van der Waals surface area contributed by atoms with Gasteiger partial charge in [0.05, 0.1) is 0 Å². The number of nitrogens with one attached hydrogen (secondary N) is 2. The lowest BCUT2D eigenvalue weighted by Gasteiger charge is -1.98. The normalized spacial score (nSPS) is 10.4. The number of anilines is 1. The minimum Gasteiger partial charge on any atom is -0.360 e. The van der Waals surface area contributed by atoms with E-state index in [1.807, 2.05) is 13.0 Å². The molecule has 0 bridgehead atoms. The fourth-order valence-corrected chi connectivity index (χ4v) is 0.830. The Morgan fingerprint density at radius 1 is 1.71 bits per heavy atom. The molecule has 0 aliphatic heterocycles. The van der Waals surface area contributed by atoms with Gasteiger partial charge in [-0.05, 0) is 13.3 Å². The highest BCUT2D eigenvalue weighted by molar-refractivity contribution is 5.88. The van der Waals surface area contributed by atoms with Crippen molar-refractivity contribution in [2.75, 3.05) is 5.32 Å². The predicted molar refractivity (Wildman–Crippen MR) is 52.8 cm³/mol. The number of carbonyl (C=O) groups is 1. The minimum atomic E-state index is -0.331. The summed E-state index contributed by atoms with van der Waals surface area (Å²) in [6, 6.07) is 1.31. The molecule has 1 aromatic heterocycles. The van der Waals surface area contributed by atoms with Crippen LogP contribution in [0.1, 0.15) is 19.1 Å². The molecule has 0 atom stereocenters. The molecular weight excluding hydrogens is 182 g/mol. The minimum absolute atomic E-state index is 0.331. The van der Waals surface area contributed by atoms with E-state index in [-0.39, 0.29) is 6.03 Å². The Balaban J connectivity index is 2.37. The molecule has 0 aliphatic rings. The van der Waals surface area contributed by atoms with Crippen LogP contribution in [0.4, 0.5) is 10.6 Å². The highest BCUT2D eigenvalue weighted by atomic mass is 16.5. The molecular formula is C9H13N3O2. The number of aryl methyl sites for hydroxylation is 1. The van der Waals surface area contributed by atoms with E-state index in [0.717, 1.165) is 6.42 Å². The van der Waals surface area contributed by atoms with Crippen molar-refractivity contribution in [1.82, 2.24) is 10.5 Å². The number of amides is 2. The van der Waals surface area contributed by atoms with Gasteiger partial charge in [0.25, 0.3) is 0 Å². The molecule has 0 aromatic carbocycles. The molecule has 0 aliphatic carbocycles. The molecule has 76 valence electrons. The Labute approximate surface area is 82.2 Å². The SMILES string of the molecule is CC/C=C/NC(=O)Nc1cc(C)on1. The summed E-state index contributed by atoms with van der Waals surface area (Å²) in [6.45, 7) is 3.74. The summed E-state index contributed by atoms with van der Waals surface area (Å²) in [7, 11) is 0. The first kappa shape index (κ1) is 10.3. The van der Waals surface area contributed by atoms with Crippen LogP contribution in [0.25, 0.3) is 0 Å². The molecule has 1 heterocycles. The van der Waals surface area contributed by atoms with Crippen LogP contribution in [-0.2, 0) is 0 Å². The second kappa shape index (κ2) is 5.06. The first-order chi connectivity index (χ1) is 6.72. The van der Waals surface area contributed by atoms with Gasteiger partial charge in [0.1, 0.15) is 5.76 Å². The molecule has 14 heavy (non-hydrogen) atoms. The molecule has 0 unspecified atom stereocenters. The number of nitrogens with zero attached hydrogens (tertiary/aromatic N) is 1. The van der Waals surface area contributed by atoms with Gasteiger partial charge in [-0.25, -0.2) is 4.79 Å². The van der Waals surface area contributed by atoms with E-state index in [1.54, 1.807) is 19.2 Å². The summed E-state index contributed by atoms with van der Waals surface area (Å²) < 4.78 is 4.78. The molecule has 2 N–H and O–H groups in total. The van der Waals surface area contributed by atoms with Crippen LogP contribution < -0.4 is 10.6 Å². The van der Waals surface area contributed by atoms with Crippen LogP contribution in [0.15, 0.2) is 22.9 Å². The summed E-state index contributed by atoms with van der Waals surface area (Å²) in [6.07, 6.45) is 4.30. The smallest absolute Gasteiger partial charge is 0.324 e. The standard InChI is InChI=1S/C9H13N3O2/c1-3-4-5-10-9(13)11-8-6-7(2)14-12-8/h4-6H,3H2,1-2H3,(H2,10,11,12,13)/b5-4+. The number of hydrogen-bond acceptors (Lipinski definition) is 3. The first-order valence-corrected chi connectivity index (χ1v) is 4.38. The molecule has 0 radical (unpaired) electrons. The zero-order chi connectivity index (χ0) is 10.4. The van der Waals surface area contributed by atoms with Crippen molar-refractivity contribution in [2.24, 2.45) is 0 Å². The summed E-state index contributed by atoms with van der Waals surface area (Å²) in [5.41, 5.74) is 0. The van der Waals surface area contributed by atoms with E-state index < -0.39 is 0 Å². The molecule has 0 spiro atoms. The lowest BCUT2D eigenvalue weighted by atomic mass is 10.5. The summed E-state index contributed by atoms with van der Waals surface area (Å²) in [5, 5.41) is 8.66. The van der Waals surface area contributed by atoms with Crippen molar-refractivity contribution in [3.8, 4) is 0 Å². The largest absolute Gasteiger partial charge is 0.360 e. The summed E-state index contributed by atoms with van der Waals surface area (Å²) in [5.74, 6) is 1.06. The average molecular weight is 195 g/mol. The van der Waals surface area contributed by atoms with Crippen molar-refractivity contribution < 1.29 is 9.32 Å². The number of aromatic nitrogens is 1. The third kappa shape index (κ3) is 3.30. The van der Waals surface area contributed by atoms with Gasteiger partial charge in [0, 0.05) is 12.3 Å². The third-order valence-electron chi connectivity index (χ3n) is 1.44. The van der Waals surface area contributed by atoms with E-state index in [9.17, 15) is 4.79 Å². The van der Waals surface area contributed by atoms with E-state index in [2.05, 4.69) is 15.8 Å². The van der Waals surface area contributed by atoms with Crippen LogP contribution >= 0.6 is 0 Å². The number of urea groups is 1. The van der Waals surface area contributed by atoms with Gasteiger partial charge in [0.15, 0.2) is 5.82 Å². The van der Waals surface area contributed by atoms with Gasteiger partial charge in [0.2, 0.25) is 0 Å². The van der Waals surface area contributed by atoms with Crippen molar-refractivity contribution in [3.63, 3.8) is 0 Å². The Bertz CT molecular complexity index is 331. The molecule has 0 saturated heterocycles. The van der Waals surface area contributed by atoms with Crippen LogP contribution in [0.3, 0.4) is 0 Å². The summed E-state index contributed by atoms with van der Waals surface area (Å²) in [4.78, 5) is 11.1. The van der Waals surface area contributed by atoms with Gasteiger partial charge < -0.3 is 9.84 Å². The maximum atomic E-state index is 11.1. The van der Waals surface area contributed by atoms with Crippen molar-refractivity contribution >= 4 is 11.8 Å². The summed E-state index contributed by atoms with van der Waals surface area (Å²) >= 11 is 0.